The number of nitrogens with two attached hydrogens (primary N) is 1. The zero-order chi connectivity index (χ0) is 13.0. The third-order valence-corrected chi connectivity index (χ3v) is 3.61. The van der Waals surface area contributed by atoms with E-state index in [1.807, 2.05) is 6.07 Å². The van der Waals surface area contributed by atoms with Crippen LogP contribution in [0.3, 0.4) is 0 Å². The molecule has 3 nitrogen and oxygen atoms in total. The Kier molecular flexibility index (Phi) is 5.13. The largest absolute Gasteiger partial charge is 0.495 e. The molecule has 0 radical (unpaired) electrons. The van der Waals surface area contributed by atoms with Gasteiger partial charge in [-0.25, -0.2) is 0 Å². The average Bonchev–Trinajstić information content (AvgIpc) is 2.81. The van der Waals surface area contributed by atoms with Crippen LogP contribution in [0.25, 0.3) is 0 Å². The van der Waals surface area contributed by atoms with Crippen molar-refractivity contribution in [2.75, 3.05) is 20.3 Å². The molecule has 0 saturated carbocycles. The van der Waals surface area contributed by atoms with Gasteiger partial charge in [0, 0.05) is 11.6 Å². The van der Waals surface area contributed by atoms with E-state index in [4.69, 9.17) is 32.7 Å². The molecule has 0 aromatic heterocycles. The number of methoxy groups -OCH3 is 1. The van der Waals surface area contributed by atoms with E-state index < -0.39 is 0 Å². The number of hydrogen-bond donors (Lipinski definition) is 1. The fourth-order valence-electron chi connectivity index (χ4n) is 2.25. The van der Waals surface area contributed by atoms with Crippen LogP contribution >= 0.6 is 23.2 Å². The fraction of sp³-hybridized carbons (Fsp3) is 0.538. The molecule has 18 heavy (non-hydrogen) atoms. The first kappa shape index (κ1) is 13.9. The molecule has 100 valence electrons. The summed E-state index contributed by atoms with van der Waals surface area (Å²) in [6, 6.07) is 3.60. The normalized spacial score (nSPS) is 19.2. The van der Waals surface area contributed by atoms with Crippen LogP contribution in [0.1, 0.15) is 18.4 Å². The Morgan fingerprint density at radius 3 is 2.94 bits per heavy atom. The lowest BCUT2D eigenvalue weighted by Crippen LogP contribution is -2.84. The van der Waals surface area contributed by atoms with Gasteiger partial charge in [0.25, 0.3) is 0 Å². The molecule has 0 unspecified atom stereocenters. The van der Waals surface area contributed by atoms with Gasteiger partial charge >= 0.3 is 0 Å². The van der Waals surface area contributed by atoms with Crippen LogP contribution in [-0.4, -0.2) is 26.4 Å². The summed E-state index contributed by atoms with van der Waals surface area (Å²) in [6.45, 7) is 2.65. The van der Waals surface area contributed by atoms with E-state index in [0.29, 0.717) is 21.9 Å². The van der Waals surface area contributed by atoms with Gasteiger partial charge in [0.1, 0.15) is 24.9 Å². The molecule has 1 saturated heterocycles. The molecule has 2 N–H and O–H groups in total. The first-order chi connectivity index (χ1) is 8.70. The molecule has 1 aromatic rings. The van der Waals surface area contributed by atoms with Crippen molar-refractivity contribution in [2.24, 2.45) is 0 Å². The molecule has 1 aromatic carbocycles. The van der Waals surface area contributed by atoms with E-state index in [-0.39, 0.29) is 0 Å². The van der Waals surface area contributed by atoms with Gasteiger partial charge < -0.3 is 14.8 Å². The smallest absolute Gasteiger partial charge is 0.146 e. The van der Waals surface area contributed by atoms with Gasteiger partial charge in [-0.2, -0.15) is 0 Å². The van der Waals surface area contributed by atoms with E-state index in [0.717, 1.165) is 31.7 Å². The molecule has 1 aliphatic rings. The Morgan fingerprint density at radius 1 is 1.44 bits per heavy atom. The maximum absolute atomic E-state index is 6.09. The number of quaternary nitrogens is 1. The lowest BCUT2D eigenvalue weighted by Gasteiger charge is -2.12. The molecule has 1 heterocycles. The summed E-state index contributed by atoms with van der Waals surface area (Å²) in [5.41, 5.74) is 1.02. The zero-order valence-electron chi connectivity index (χ0n) is 10.4. The number of benzene rings is 1. The predicted molar refractivity (Wildman–Crippen MR) is 72.5 cm³/mol. The Balaban J connectivity index is 1.95. The van der Waals surface area contributed by atoms with Crippen LogP contribution in [0.5, 0.6) is 5.75 Å². The van der Waals surface area contributed by atoms with Crippen molar-refractivity contribution in [3.8, 4) is 5.75 Å². The quantitative estimate of drug-likeness (QED) is 0.903. The maximum Gasteiger partial charge on any atom is 0.146 e. The third kappa shape index (κ3) is 3.51. The first-order valence-electron chi connectivity index (χ1n) is 6.16. The molecule has 0 amide bonds. The molecule has 0 aliphatic carbocycles. The Labute approximate surface area is 117 Å². The highest BCUT2D eigenvalue weighted by Gasteiger charge is 2.18. The van der Waals surface area contributed by atoms with Gasteiger partial charge in [-0.3, -0.25) is 0 Å². The lowest BCUT2D eigenvalue weighted by molar-refractivity contribution is -0.676. The lowest BCUT2D eigenvalue weighted by atomic mass is 10.2. The summed E-state index contributed by atoms with van der Waals surface area (Å²) in [6.07, 6.45) is 2.71. The van der Waals surface area contributed by atoms with Gasteiger partial charge in [-0.15, -0.1) is 0 Å². The Bertz CT molecular complexity index is 406. The second-order valence-corrected chi connectivity index (χ2v) is 5.29. The molecular formula is C13H18Cl2NO2+. The zero-order valence-corrected chi connectivity index (χ0v) is 11.9. The highest BCUT2D eigenvalue weighted by Crippen LogP contribution is 2.31. The van der Waals surface area contributed by atoms with Crippen LogP contribution in [0.4, 0.5) is 0 Å². The molecule has 0 bridgehead atoms. The van der Waals surface area contributed by atoms with E-state index in [1.165, 1.54) is 6.42 Å². The summed E-state index contributed by atoms with van der Waals surface area (Å²) in [7, 11) is 1.62. The minimum absolute atomic E-state index is 0.380. The molecule has 1 atom stereocenters. The summed E-state index contributed by atoms with van der Waals surface area (Å²) < 4.78 is 10.9. The molecule has 5 heteroatoms. The number of rotatable bonds is 5. The minimum atomic E-state index is 0.380. The van der Waals surface area contributed by atoms with Crippen molar-refractivity contribution in [3.63, 3.8) is 0 Å². The monoisotopic (exact) mass is 290 g/mol. The van der Waals surface area contributed by atoms with Gasteiger partial charge in [0.2, 0.25) is 0 Å². The van der Waals surface area contributed by atoms with Gasteiger partial charge in [-0.05, 0) is 25.0 Å². The van der Waals surface area contributed by atoms with Crippen molar-refractivity contribution in [1.82, 2.24) is 0 Å². The van der Waals surface area contributed by atoms with E-state index in [1.54, 1.807) is 13.2 Å². The Hall–Kier alpha value is -0.480. The number of ether oxygens (including phenoxy) is 2. The molecule has 1 fully saturated rings. The van der Waals surface area contributed by atoms with E-state index in [2.05, 4.69) is 5.32 Å². The van der Waals surface area contributed by atoms with Crippen LogP contribution in [0.15, 0.2) is 12.1 Å². The van der Waals surface area contributed by atoms with Crippen molar-refractivity contribution in [3.05, 3.63) is 27.7 Å². The summed E-state index contributed by atoms with van der Waals surface area (Å²) >= 11 is 12.1. The highest BCUT2D eigenvalue weighted by atomic mass is 35.5. The van der Waals surface area contributed by atoms with Crippen LogP contribution in [0.2, 0.25) is 10.0 Å². The third-order valence-electron chi connectivity index (χ3n) is 3.11. The van der Waals surface area contributed by atoms with E-state index >= 15 is 0 Å². The summed E-state index contributed by atoms with van der Waals surface area (Å²) in [5, 5.41) is 3.41. The van der Waals surface area contributed by atoms with Crippen LogP contribution < -0.4 is 10.1 Å². The topological polar surface area (TPSA) is 35.1 Å². The molecule has 2 rings (SSSR count). The first-order valence-corrected chi connectivity index (χ1v) is 6.91. The fourth-order valence-corrected chi connectivity index (χ4v) is 2.86. The maximum atomic E-state index is 6.09. The second-order valence-electron chi connectivity index (χ2n) is 4.44. The molecule has 0 spiro atoms. The van der Waals surface area contributed by atoms with Crippen LogP contribution in [-0.2, 0) is 11.3 Å². The summed E-state index contributed by atoms with van der Waals surface area (Å²) in [4.78, 5) is 0. The Morgan fingerprint density at radius 2 is 2.28 bits per heavy atom. The average molecular weight is 291 g/mol. The van der Waals surface area contributed by atoms with Crippen molar-refractivity contribution in [2.45, 2.75) is 25.5 Å². The SMILES string of the molecule is COc1c(Cl)cc(Cl)cc1C[NH2+]C[C@H]1CCCO1. The molecular weight excluding hydrogens is 273 g/mol. The van der Waals surface area contributed by atoms with E-state index in [9.17, 15) is 0 Å². The highest BCUT2D eigenvalue weighted by molar-refractivity contribution is 6.35. The van der Waals surface area contributed by atoms with Gasteiger partial charge in [-0.1, -0.05) is 23.2 Å². The second kappa shape index (κ2) is 6.62. The number of hydrogen-bond acceptors (Lipinski definition) is 2. The summed E-state index contributed by atoms with van der Waals surface area (Å²) in [5.74, 6) is 0.713. The van der Waals surface area contributed by atoms with Crippen molar-refractivity contribution >= 4 is 23.2 Å². The van der Waals surface area contributed by atoms with Gasteiger partial charge in [0.05, 0.1) is 17.7 Å². The predicted octanol–water partition coefficient (Wildman–Crippen LogP) is 2.24. The van der Waals surface area contributed by atoms with Crippen LogP contribution in [0, 0.1) is 0 Å². The molecule has 1 aliphatic heterocycles. The standard InChI is InChI=1S/C13H17Cl2NO2/c1-17-13-9(5-10(14)6-12(13)15)7-16-8-11-3-2-4-18-11/h5-6,11,16H,2-4,7-8H2,1H3/p+1/t11-/m1/s1. The number of halogens is 2. The van der Waals surface area contributed by atoms with Gasteiger partial charge in [0.15, 0.2) is 0 Å². The van der Waals surface area contributed by atoms with Crippen molar-refractivity contribution < 1.29 is 14.8 Å². The minimum Gasteiger partial charge on any atom is -0.495 e. The van der Waals surface area contributed by atoms with Crippen molar-refractivity contribution in [1.29, 1.82) is 0 Å².